The Morgan fingerprint density at radius 3 is 0.812 bits per heavy atom. The summed E-state index contributed by atoms with van der Waals surface area (Å²) in [6.07, 6.45) is 95.8. The van der Waals surface area contributed by atoms with Crippen LogP contribution in [-0.2, 0) is 28.6 Å². The van der Waals surface area contributed by atoms with Crippen LogP contribution in [0.5, 0.6) is 0 Å². The Kier molecular flexibility index (Phi) is 62.9. The van der Waals surface area contributed by atoms with Crippen LogP contribution >= 0.6 is 0 Å². The predicted octanol–water partition coefficient (Wildman–Crippen LogP) is 22.7. The number of ether oxygens (including phenoxy) is 3. The monoisotopic (exact) mass is 1100 g/mol. The number of carbonyl (C=O) groups excluding carboxylic acids is 3. The quantitative estimate of drug-likeness (QED) is 0.0261. The molecule has 0 aromatic rings. The van der Waals surface area contributed by atoms with Crippen molar-refractivity contribution in [1.29, 1.82) is 0 Å². The van der Waals surface area contributed by atoms with Gasteiger partial charge < -0.3 is 14.2 Å². The topological polar surface area (TPSA) is 78.9 Å². The van der Waals surface area contributed by atoms with E-state index >= 15 is 0 Å². The average molecular weight is 1110 g/mol. The van der Waals surface area contributed by atoms with Crippen molar-refractivity contribution in [3.8, 4) is 0 Å². The van der Waals surface area contributed by atoms with Crippen LogP contribution in [0.1, 0.15) is 284 Å². The number of unbranched alkanes of at least 4 members (excludes halogenated alkanes) is 23. The Labute approximate surface area is 493 Å². The second-order valence-corrected chi connectivity index (χ2v) is 21.3. The molecule has 0 aliphatic heterocycles. The summed E-state index contributed by atoms with van der Waals surface area (Å²) in [7, 11) is 0. The van der Waals surface area contributed by atoms with E-state index in [1.165, 1.54) is 103 Å². The molecule has 0 amide bonds. The molecule has 0 aliphatic carbocycles. The normalized spacial score (nSPS) is 13.1. The maximum Gasteiger partial charge on any atom is 0.306 e. The number of allylic oxidation sites excluding steroid dienone is 24. The summed E-state index contributed by atoms with van der Waals surface area (Å²) >= 11 is 0. The van der Waals surface area contributed by atoms with Gasteiger partial charge in [-0.1, -0.05) is 276 Å². The molecule has 0 bridgehead atoms. The first-order valence-electron chi connectivity index (χ1n) is 32.8. The lowest BCUT2D eigenvalue weighted by atomic mass is 10.1. The van der Waals surface area contributed by atoms with Crippen LogP contribution in [0.2, 0.25) is 0 Å². The molecule has 6 nitrogen and oxygen atoms in total. The fourth-order valence-electron chi connectivity index (χ4n) is 8.71. The summed E-state index contributed by atoms with van der Waals surface area (Å²) < 4.78 is 16.9. The fraction of sp³-hybridized carbons (Fsp3) is 0.635. The standard InChI is InChI=1S/C74H120O6/c1-4-7-10-13-16-19-22-25-28-31-32-33-34-35-36-37-38-39-40-41-42-44-46-49-52-55-58-61-64-67-73(76)79-70-71(69-78-72(75)66-63-60-57-54-51-48-45-30-27-24-21-18-15-12-9-6-3)80-74(77)68-65-62-59-56-53-50-47-43-29-26-23-20-17-14-11-8-5-2/h7-8,10-11,16-17,19-20,25-26,28-30,32-33,35-36,38-39,45,47,50,56,59,71H,4-6,9,12-15,18,21-24,27,31,34,37,40-44,46,48-49,51-55,57-58,60-70H2,1-3H3/b10-7-,11-8-,19-16-,20-17-,28-25-,29-26-,33-32-,36-35-,39-38-,45-30-,50-47-,59-56-. The Morgan fingerprint density at radius 1 is 0.263 bits per heavy atom. The van der Waals surface area contributed by atoms with Gasteiger partial charge in [0.15, 0.2) is 6.10 Å². The van der Waals surface area contributed by atoms with Gasteiger partial charge in [0, 0.05) is 19.3 Å². The Balaban J connectivity index is 4.40. The third kappa shape index (κ3) is 64.1. The van der Waals surface area contributed by atoms with Crippen LogP contribution in [0.15, 0.2) is 146 Å². The predicted molar refractivity (Wildman–Crippen MR) is 348 cm³/mol. The van der Waals surface area contributed by atoms with E-state index in [1.54, 1.807) is 0 Å². The van der Waals surface area contributed by atoms with E-state index in [4.69, 9.17) is 14.2 Å². The van der Waals surface area contributed by atoms with Gasteiger partial charge in [0.25, 0.3) is 0 Å². The van der Waals surface area contributed by atoms with Gasteiger partial charge in [0.05, 0.1) is 0 Å². The van der Waals surface area contributed by atoms with Gasteiger partial charge in [-0.05, 0) is 135 Å². The lowest BCUT2D eigenvalue weighted by molar-refractivity contribution is -0.167. The van der Waals surface area contributed by atoms with Gasteiger partial charge in [-0.25, -0.2) is 0 Å². The van der Waals surface area contributed by atoms with Gasteiger partial charge in [0.2, 0.25) is 0 Å². The highest BCUT2D eigenvalue weighted by molar-refractivity contribution is 5.71. The summed E-state index contributed by atoms with van der Waals surface area (Å²) in [4.78, 5) is 38.3. The van der Waals surface area contributed by atoms with Gasteiger partial charge in [0.1, 0.15) is 13.2 Å². The van der Waals surface area contributed by atoms with Crippen LogP contribution in [-0.4, -0.2) is 37.2 Å². The Hall–Kier alpha value is -4.71. The minimum atomic E-state index is -0.820. The summed E-state index contributed by atoms with van der Waals surface area (Å²) in [6.45, 7) is 6.36. The number of rotatable bonds is 58. The first-order chi connectivity index (χ1) is 39.5. The average Bonchev–Trinajstić information content (AvgIpc) is 3.46. The zero-order valence-corrected chi connectivity index (χ0v) is 51.8. The maximum atomic E-state index is 12.9. The SMILES string of the molecule is CC/C=C\C/C=C\C/C=C\C/C=C\C/C=C\C/C=C\CCCCCCCCCCCCC(=O)OCC(COC(=O)CCCCCCC/C=C\CCCCCCCCC)OC(=O)CCC/C=C\C/C=C\C/C=C\C/C=C\C/C=C\CC. The minimum absolute atomic E-state index is 0.110. The van der Waals surface area contributed by atoms with Gasteiger partial charge in [-0.2, -0.15) is 0 Å². The molecule has 0 spiro atoms. The lowest BCUT2D eigenvalue weighted by Gasteiger charge is -2.18. The molecule has 0 saturated heterocycles. The van der Waals surface area contributed by atoms with Crippen molar-refractivity contribution in [2.45, 2.75) is 290 Å². The maximum absolute atomic E-state index is 12.9. The molecule has 0 N–H and O–H groups in total. The molecule has 80 heavy (non-hydrogen) atoms. The van der Waals surface area contributed by atoms with Gasteiger partial charge >= 0.3 is 17.9 Å². The molecule has 6 heteroatoms. The molecular formula is C74H120O6. The smallest absolute Gasteiger partial charge is 0.306 e. The Bertz CT molecular complexity index is 1750. The molecule has 0 aromatic heterocycles. The zero-order valence-electron chi connectivity index (χ0n) is 51.8. The molecule has 0 aromatic carbocycles. The van der Waals surface area contributed by atoms with Crippen molar-refractivity contribution >= 4 is 17.9 Å². The second kappa shape index (κ2) is 66.8. The van der Waals surface area contributed by atoms with E-state index in [0.29, 0.717) is 19.3 Å². The molecule has 0 saturated carbocycles. The van der Waals surface area contributed by atoms with Crippen molar-refractivity contribution < 1.29 is 28.6 Å². The molecular weight excluding hydrogens is 985 g/mol. The van der Waals surface area contributed by atoms with Crippen LogP contribution in [0, 0.1) is 0 Å². The van der Waals surface area contributed by atoms with Crippen LogP contribution in [0.3, 0.4) is 0 Å². The molecule has 452 valence electrons. The number of hydrogen-bond acceptors (Lipinski definition) is 6. The van der Waals surface area contributed by atoms with E-state index in [-0.39, 0.29) is 37.5 Å². The van der Waals surface area contributed by atoms with Crippen molar-refractivity contribution in [3.63, 3.8) is 0 Å². The molecule has 1 unspecified atom stereocenters. The zero-order chi connectivity index (χ0) is 57.8. The van der Waals surface area contributed by atoms with Crippen molar-refractivity contribution in [1.82, 2.24) is 0 Å². The lowest BCUT2D eigenvalue weighted by Crippen LogP contribution is -2.30. The van der Waals surface area contributed by atoms with Crippen molar-refractivity contribution in [2.24, 2.45) is 0 Å². The first-order valence-corrected chi connectivity index (χ1v) is 32.8. The minimum Gasteiger partial charge on any atom is -0.462 e. The molecule has 0 aliphatic rings. The van der Waals surface area contributed by atoms with Crippen LogP contribution in [0.25, 0.3) is 0 Å². The van der Waals surface area contributed by atoms with Crippen molar-refractivity contribution in [2.75, 3.05) is 13.2 Å². The van der Waals surface area contributed by atoms with E-state index in [2.05, 4.69) is 167 Å². The number of esters is 3. The van der Waals surface area contributed by atoms with Crippen LogP contribution < -0.4 is 0 Å². The number of carbonyl (C=O) groups is 3. The molecule has 0 fully saturated rings. The van der Waals surface area contributed by atoms with E-state index in [0.717, 1.165) is 135 Å². The summed E-state index contributed by atoms with van der Waals surface area (Å²) in [6, 6.07) is 0. The van der Waals surface area contributed by atoms with Crippen LogP contribution in [0.4, 0.5) is 0 Å². The second-order valence-electron chi connectivity index (χ2n) is 21.3. The highest BCUT2D eigenvalue weighted by Gasteiger charge is 2.19. The first kappa shape index (κ1) is 75.3. The van der Waals surface area contributed by atoms with E-state index < -0.39 is 6.10 Å². The van der Waals surface area contributed by atoms with E-state index in [1.807, 2.05) is 0 Å². The van der Waals surface area contributed by atoms with E-state index in [9.17, 15) is 14.4 Å². The fourth-order valence-corrected chi connectivity index (χ4v) is 8.71. The highest BCUT2D eigenvalue weighted by atomic mass is 16.6. The summed E-state index contributed by atoms with van der Waals surface area (Å²) in [5.41, 5.74) is 0. The van der Waals surface area contributed by atoms with Gasteiger partial charge in [-0.15, -0.1) is 0 Å². The Morgan fingerprint density at radius 2 is 0.500 bits per heavy atom. The van der Waals surface area contributed by atoms with Crippen molar-refractivity contribution in [3.05, 3.63) is 146 Å². The molecule has 1 atom stereocenters. The molecule has 0 radical (unpaired) electrons. The summed E-state index contributed by atoms with van der Waals surface area (Å²) in [5, 5.41) is 0. The third-order valence-electron chi connectivity index (χ3n) is 13.6. The largest absolute Gasteiger partial charge is 0.462 e. The third-order valence-corrected chi connectivity index (χ3v) is 13.6. The number of hydrogen-bond donors (Lipinski definition) is 0. The van der Waals surface area contributed by atoms with Gasteiger partial charge in [-0.3, -0.25) is 14.4 Å². The molecule has 0 rings (SSSR count). The highest BCUT2D eigenvalue weighted by Crippen LogP contribution is 2.15. The summed E-state index contributed by atoms with van der Waals surface area (Å²) in [5.74, 6) is -0.979. The molecule has 0 heterocycles.